The summed E-state index contributed by atoms with van der Waals surface area (Å²) < 4.78 is 16.7. The van der Waals surface area contributed by atoms with Crippen molar-refractivity contribution in [3.63, 3.8) is 0 Å². The summed E-state index contributed by atoms with van der Waals surface area (Å²) in [4.78, 5) is 38.0. The van der Waals surface area contributed by atoms with Crippen molar-refractivity contribution < 1.29 is 28.6 Å². The predicted octanol–water partition coefficient (Wildman–Crippen LogP) is 17.7. The largest absolute Gasteiger partial charge is 0.462 e. The van der Waals surface area contributed by atoms with Gasteiger partial charge in [-0.1, -0.05) is 219 Å². The van der Waals surface area contributed by atoms with Crippen LogP contribution in [0.15, 0.2) is 122 Å². The van der Waals surface area contributed by atoms with Crippen molar-refractivity contribution in [3.05, 3.63) is 122 Å². The lowest BCUT2D eigenvalue weighted by Gasteiger charge is -2.18. The van der Waals surface area contributed by atoms with Crippen molar-refractivity contribution in [1.82, 2.24) is 0 Å². The van der Waals surface area contributed by atoms with Gasteiger partial charge in [-0.3, -0.25) is 14.4 Å². The van der Waals surface area contributed by atoms with Crippen LogP contribution < -0.4 is 0 Å². The average Bonchev–Trinajstić information content (AvgIpc) is 3.31. The van der Waals surface area contributed by atoms with Crippen molar-refractivity contribution in [2.75, 3.05) is 13.2 Å². The van der Waals surface area contributed by atoms with Crippen LogP contribution in [-0.2, 0) is 28.6 Å². The average molecular weight is 913 g/mol. The molecule has 0 aromatic rings. The molecule has 0 saturated heterocycles. The first kappa shape index (κ1) is 61.8. The molecule has 0 aromatic heterocycles. The molecule has 1 atom stereocenters. The Morgan fingerprint density at radius 3 is 0.985 bits per heavy atom. The quantitative estimate of drug-likeness (QED) is 0.0262. The van der Waals surface area contributed by atoms with Crippen molar-refractivity contribution in [2.24, 2.45) is 0 Å². The molecule has 0 heterocycles. The third-order valence-electron chi connectivity index (χ3n) is 10.7. The summed E-state index contributed by atoms with van der Waals surface area (Å²) in [5.74, 6) is -1.01. The summed E-state index contributed by atoms with van der Waals surface area (Å²) in [5.41, 5.74) is 0. The van der Waals surface area contributed by atoms with Gasteiger partial charge in [0.2, 0.25) is 0 Å². The first-order chi connectivity index (χ1) is 32.5. The zero-order valence-corrected chi connectivity index (χ0v) is 42.4. The third kappa shape index (κ3) is 50.8. The van der Waals surface area contributed by atoms with Crippen molar-refractivity contribution in [1.29, 1.82) is 0 Å². The second kappa shape index (κ2) is 53.4. The van der Waals surface area contributed by atoms with Crippen LogP contribution in [0.25, 0.3) is 0 Å². The molecule has 0 aliphatic carbocycles. The normalized spacial score (nSPS) is 13.1. The Morgan fingerprint density at radius 1 is 0.318 bits per heavy atom. The fourth-order valence-electron chi connectivity index (χ4n) is 6.80. The zero-order chi connectivity index (χ0) is 47.9. The molecule has 1 unspecified atom stereocenters. The molecule has 66 heavy (non-hydrogen) atoms. The number of ether oxygens (including phenoxy) is 3. The van der Waals surface area contributed by atoms with Gasteiger partial charge >= 0.3 is 17.9 Å². The minimum atomic E-state index is -0.817. The Hall–Kier alpha value is -4.19. The Kier molecular flexibility index (Phi) is 50.0. The van der Waals surface area contributed by atoms with E-state index in [9.17, 15) is 14.4 Å². The Labute approximate surface area is 405 Å². The predicted molar refractivity (Wildman–Crippen MR) is 283 cm³/mol. The number of unbranched alkanes of at least 4 members (excludes halogenated alkanes) is 15. The Balaban J connectivity index is 4.49. The second-order valence-electron chi connectivity index (χ2n) is 17.0. The third-order valence-corrected chi connectivity index (χ3v) is 10.7. The minimum absolute atomic E-state index is 0.110. The highest BCUT2D eigenvalue weighted by Gasteiger charge is 2.19. The van der Waals surface area contributed by atoms with Gasteiger partial charge in [0.1, 0.15) is 13.2 Å². The highest BCUT2D eigenvalue weighted by atomic mass is 16.6. The summed E-state index contributed by atoms with van der Waals surface area (Å²) in [5, 5.41) is 0. The molecule has 6 nitrogen and oxygen atoms in total. The van der Waals surface area contributed by atoms with Crippen molar-refractivity contribution in [3.8, 4) is 0 Å². The molecule has 0 aliphatic rings. The van der Waals surface area contributed by atoms with Crippen LogP contribution in [0.1, 0.15) is 220 Å². The van der Waals surface area contributed by atoms with E-state index in [-0.39, 0.29) is 44.0 Å². The fourth-order valence-corrected chi connectivity index (χ4v) is 6.80. The van der Waals surface area contributed by atoms with Gasteiger partial charge in [-0.2, -0.15) is 0 Å². The second-order valence-corrected chi connectivity index (χ2v) is 17.0. The van der Waals surface area contributed by atoms with Gasteiger partial charge in [-0.15, -0.1) is 0 Å². The van der Waals surface area contributed by atoms with E-state index < -0.39 is 6.10 Å². The van der Waals surface area contributed by atoms with Crippen LogP contribution in [0.5, 0.6) is 0 Å². The first-order valence-corrected chi connectivity index (χ1v) is 26.5. The van der Waals surface area contributed by atoms with E-state index in [1.165, 1.54) is 57.8 Å². The molecule has 0 bridgehead atoms. The van der Waals surface area contributed by atoms with Crippen LogP contribution >= 0.6 is 0 Å². The fraction of sp³-hybridized carbons (Fsp3) is 0.617. The van der Waals surface area contributed by atoms with Gasteiger partial charge in [0, 0.05) is 19.3 Å². The molecule has 0 rings (SSSR count). The minimum Gasteiger partial charge on any atom is -0.462 e. The van der Waals surface area contributed by atoms with Gasteiger partial charge in [-0.05, 0) is 103 Å². The molecule has 0 spiro atoms. The number of allylic oxidation sites excluding steroid dienone is 20. The van der Waals surface area contributed by atoms with Crippen molar-refractivity contribution >= 4 is 17.9 Å². The van der Waals surface area contributed by atoms with Gasteiger partial charge in [0.05, 0.1) is 0 Å². The molecule has 0 fully saturated rings. The Morgan fingerprint density at radius 2 is 0.606 bits per heavy atom. The lowest BCUT2D eigenvalue weighted by molar-refractivity contribution is -0.167. The molecule has 0 aromatic carbocycles. The first-order valence-electron chi connectivity index (χ1n) is 26.5. The van der Waals surface area contributed by atoms with Gasteiger partial charge in [0.15, 0.2) is 6.10 Å². The Bertz CT molecular complexity index is 1420. The van der Waals surface area contributed by atoms with Crippen LogP contribution in [0.2, 0.25) is 0 Å². The van der Waals surface area contributed by atoms with Crippen LogP contribution in [-0.4, -0.2) is 37.2 Å². The summed E-state index contributed by atoms with van der Waals surface area (Å²) in [6, 6.07) is 0. The van der Waals surface area contributed by atoms with E-state index in [1.54, 1.807) is 0 Å². The number of rotatable bonds is 46. The SMILES string of the molecule is CC/C=C\C/C=C\C/C=C\C/C=C\C/C=C\C/C=C\C/C=C\CCCC(=O)OCC(COC(=O)CCCCCCCCCCCCCC)OC(=O)CCCCC/C=C\C/C=C\C/C=C\CC. The van der Waals surface area contributed by atoms with Gasteiger partial charge in [0.25, 0.3) is 0 Å². The molecule has 0 amide bonds. The van der Waals surface area contributed by atoms with E-state index in [2.05, 4.69) is 142 Å². The van der Waals surface area contributed by atoms with E-state index in [1.807, 2.05) is 0 Å². The van der Waals surface area contributed by atoms with Gasteiger partial charge < -0.3 is 14.2 Å². The van der Waals surface area contributed by atoms with E-state index >= 15 is 0 Å². The summed E-state index contributed by atoms with van der Waals surface area (Å²) in [6.07, 6.45) is 73.4. The number of hydrogen-bond acceptors (Lipinski definition) is 6. The van der Waals surface area contributed by atoms with E-state index in [4.69, 9.17) is 14.2 Å². The molecule has 0 saturated carbocycles. The molecule has 6 heteroatoms. The number of carbonyl (C=O) groups is 3. The molecular weight excluding hydrogens is 817 g/mol. The lowest BCUT2D eigenvalue weighted by Crippen LogP contribution is -2.30. The topological polar surface area (TPSA) is 78.9 Å². The highest BCUT2D eigenvalue weighted by molar-refractivity contribution is 5.71. The monoisotopic (exact) mass is 913 g/mol. The van der Waals surface area contributed by atoms with E-state index in [0.717, 1.165) is 116 Å². The number of carbonyl (C=O) groups excluding carboxylic acids is 3. The zero-order valence-electron chi connectivity index (χ0n) is 42.4. The van der Waals surface area contributed by atoms with E-state index in [0.29, 0.717) is 12.8 Å². The molecule has 0 N–H and O–H groups in total. The molecule has 0 radical (unpaired) electrons. The molecular formula is C60H96O6. The number of hydrogen-bond donors (Lipinski definition) is 0. The van der Waals surface area contributed by atoms with Gasteiger partial charge in [-0.25, -0.2) is 0 Å². The smallest absolute Gasteiger partial charge is 0.306 e. The number of esters is 3. The standard InChI is InChI=1S/C60H96O6/c1-4-7-10-13-16-19-22-25-26-27-28-29-30-31-32-33-34-36-38-41-44-47-50-53-59(62)65-56-57(55-64-58(61)52-49-46-43-40-37-24-21-18-15-12-9-6-3)66-60(63)54-51-48-45-42-39-35-23-20-17-14-11-8-5-2/h7-8,10-11,16-17,19-20,25-26,28-29,31-32,34-36,39,41,44,57H,4-6,9,12-15,18,21-24,27,30,33,37-38,40,42-43,45-56H2,1-3H3/b10-7-,11-8-,19-16-,20-17-,26-25-,29-28-,32-31-,36-34-,39-35-,44-41-. The maximum Gasteiger partial charge on any atom is 0.306 e. The summed E-state index contributed by atoms with van der Waals surface area (Å²) in [6.45, 7) is 6.32. The molecule has 0 aliphatic heterocycles. The van der Waals surface area contributed by atoms with Crippen LogP contribution in [0.4, 0.5) is 0 Å². The summed E-state index contributed by atoms with van der Waals surface area (Å²) in [7, 11) is 0. The summed E-state index contributed by atoms with van der Waals surface area (Å²) >= 11 is 0. The maximum absolute atomic E-state index is 12.8. The lowest BCUT2D eigenvalue weighted by atomic mass is 10.0. The van der Waals surface area contributed by atoms with Crippen LogP contribution in [0.3, 0.4) is 0 Å². The van der Waals surface area contributed by atoms with Crippen molar-refractivity contribution in [2.45, 2.75) is 226 Å². The van der Waals surface area contributed by atoms with Crippen LogP contribution in [0, 0.1) is 0 Å². The molecule has 372 valence electrons. The highest BCUT2D eigenvalue weighted by Crippen LogP contribution is 2.14. The maximum atomic E-state index is 12.8.